The van der Waals surface area contributed by atoms with Crippen molar-refractivity contribution in [2.24, 2.45) is 0 Å². The van der Waals surface area contributed by atoms with E-state index >= 15 is 0 Å². The molecule has 0 radical (unpaired) electrons. The van der Waals surface area contributed by atoms with Crippen LogP contribution >= 0.6 is 11.8 Å². The Kier molecular flexibility index (Phi) is 7.07. The van der Waals surface area contributed by atoms with Gasteiger partial charge in [-0.3, -0.25) is 19.5 Å². The standard InChI is InChI=1S/C22H21FN6O4S/c1-33-17-5-3-2-4-16(17)25-20(31)12-34-22-28-27-18(10-14-11-19(30)26-21(32)24-14)29(22)15-8-6-13(23)7-9-15/h2-9,14H,10-12H2,1H3,(H,25,31)(H2,24,26,30,32). The van der Waals surface area contributed by atoms with E-state index < -0.39 is 17.9 Å². The molecule has 10 nitrogen and oxygen atoms in total. The molecule has 4 rings (SSSR count). The number of methoxy groups -OCH3 is 1. The first-order chi connectivity index (χ1) is 16.4. The van der Waals surface area contributed by atoms with E-state index in [-0.39, 0.29) is 30.4 Å². The maximum atomic E-state index is 13.5. The lowest BCUT2D eigenvalue weighted by atomic mass is 10.1. The molecule has 1 aliphatic rings. The molecule has 0 saturated carbocycles. The quantitative estimate of drug-likeness (QED) is 0.419. The second kappa shape index (κ2) is 10.3. The smallest absolute Gasteiger partial charge is 0.321 e. The van der Waals surface area contributed by atoms with Crippen LogP contribution in [0.15, 0.2) is 53.7 Å². The van der Waals surface area contributed by atoms with E-state index in [1.807, 2.05) is 0 Å². The van der Waals surface area contributed by atoms with Gasteiger partial charge in [0.1, 0.15) is 17.4 Å². The topological polar surface area (TPSA) is 127 Å². The number of halogens is 1. The third-order valence-electron chi connectivity index (χ3n) is 4.95. The van der Waals surface area contributed by atoms with Gasteiger partial charge < -0.3 is 15.4 Å². The lowest BCUT2D eigenvalue weighted by Gasteiger charge is -2.23. The van der Waals surface area contributed by atoms with Crippen molar-refractivity contribution < 1.29 is 23.5 Å². The number of carbonyl (C=O) groups excluding carboxylic acids is 3. The number of carbonyl (C=O) groups is 3. The van der Waals surface area contributed by atoms with Crippen LogP contribution in [0.25, 0.3) is 5.69 Å². The number of benzene rings is 2. The van der Waals surface area contributed by atoms with E-state index in [2.05, 4.69) is 26.1 Å². The van der Waals surface area contributed by atoms with Crippen molar-refractivity contribution in [3.05, 3.63) is 60.2 Å². The molecule has 176 valence electrons. The monoisotopic (exact) mass is 484 g/mol. The van der Waals surface area contributed by atoms with Crippen LogP contribution in [0.4, 0.5) is 14.9 Å². The number of hydrogen-bond acceptors (Lipinski definition) is 7. The maximum absolute atomic E-state index is 13.5. The zero-order valence-electron chi connectivity index (χ0n) is 18.1. The van der Waals surface area contributed by atoms with Crippen LogP contribution in [0.2, 0.25) is 0 Å². The number of nitrogens with one attached hydrogen (secondary N) is 3. The van der Waals surface area contributed by atoms with Gasteiger partial charge in [0.05, 0.1) is 18.6 Å². The third-order valence-corrected chi connectivity index (χ3v) is 5.88. The molecule has 2 heterocycles. The van der Waals surface area contributed by atoms with E-state index in [0.29, 0.717) is 28.1 Å². The number of nitrogens with zero attached hydrogens (tertiary/aromatic N) is 3. The van der Waals surface area contributed by atoms with Gasteiger partial charge in [0.25, 0.3) is 0 Å². The molecule has 1 aromatic heterocycles. The summed E-state index contributed by atoms with van der Waals surface area (Å²) in [4.78, 5) is 35.9. The fraction of sp³-hybridized carbons (Fsp3) is 0.227. The number of imide groups is 1. The number of aromatic nitrogens is 3. The number of para-hydroxylation sites is 2. The van der Waals surface area contributed by atoms with Gasteiger partial charge in [-0.25, -0.2) is 9.18 Å². The Bertz CT molecular complexity index is 1200. The van der Waals surface area contributed by atoms with Crippen LogP contribution in [0.1, 0.15) is 12.2 Å². The molecular formula is C22H21FN6O4S. The molecule has 12 heteroatoms. The Hall–Kier alpha value is -3.93. The first-order valence-corrected chi connectivity index (χ1v) is 11.3. The first kappa shape index (κ1) is 23.2. The highest BCUT2D eigenvalue weighted by Gasteiger charge is 2.27. The van der Waals surface area contributed by atoms with E-state index in [1.54, 1.807) is 41.0 Å². The SMILES string of the molecule is COc1ccccc1NC(=O)CSc1nnc(CC2CC(=O)NC(=O)N2)n1-c1ccc(F)cc1. The first-order valence-electron chi connectivity index (χ1n) is 10.3. The highest BCUT2D eigenvalue weighted by Crippen LogP contribution is 2.26. The molecule has 1 fully saturated rings. The van der Waals surface area contributed by atoms with Crippen molar-refractivity contribution in [3.8, 4) is 11.4 Å². The Morgan fingerprint density at radius 2 is 1.97 bits per heavy atom. The maximum Gasteiger partial charge on any atom is 0.321 e. The van der Waals surface area contributed by atoms with Crippen LogP contribution in [0.5, 0.6) is 5.75 Å². The highest BCUT2D eigenvalue weighted by atomic mass is 32.2. The lowest BCUT2D eigenvalue weighted by Crippen LogP contribution is -2.53. The summed E-state index contributed by atoms with van der Waals surface area (Å²) in [5.41, 5.74) is 1.13. The molecule has 34 heavy (non-hydrogen) atoms. The minimum Gasteiger partial charge on any atom is -0.495 e. The number of ether oxygens (including phenoxy) is 1. The molecule has 1 atom stereocenters. The number of rotatable bonds is 8. The largest absolute Gasteiger partial charge is 0.495 e. The van der Waals surface area contributed by atoms with Crippen molar-refractivity contribution in [2.45, 2.75) is 24.0 Å². The lowest BCUT2D eigenvalue weighted by molar-refractivity contribution is -0.121. The van der Waals surface area contributed by atoms with Crippen LogP contribution in [0.3, 0.4) is 0 Å². The minimum atomic E-state index is -0.572. The van der Waals surface area contributed by atoms with Gasteiger partial charge >= 0.3 is 6.03 Å². The summed E-state index contributed by atoms with van der Waals surface area (Å²) in [5, 5.41) is 16.5. The van der Waals surface area contributed by atoms with Gasteiger partial charge in [-0.05, 0) is 36.4 Å². The summed E-state index contributed by atoms with van der Waals surface area (Å²) < 4.78 is 20.4. The minimum absolute atomic E-state index is 0.0277. The van der Waals surface area contributed by atoms with Gasteiger partial charge in [0.15, 0.2) is 5.16 Å². The molecule has 2 aromatic carbocycles. The fourth-order valence-corrected chi connectivity index (χ4v) is 4.23. The average molecular weight is 485 g/mol. The molecule has 4 amide bonds. The fourth-order valence-electron chi connectivity index (χ4n) is 3.46. The van der Waals surface area contributed by atoms with Crippen LogP contribution in [-0.2, 0) is 16.0 Å². The average Bonchev–Trinajstić information content (AvgIpc) is 3.20. The van der Waals surface area contributed by atoms with Crippen LogP contribution in [0, 0.1) is 5.82 Å². The summed E-state index contributed by atoms with van der Waals surface area (Å²) in [6.07, 6.45) is 0.309. The summed E-state index contributed by atoms with van der Waals surface area (Å²) >= 11 is 1.15. The summed E-state index contributed by atoms with van der Waals surface area (Å²) in [5.74, 6) is -0.0412. The molecule has 0 bridgehead atoms. The number of amides is 4. The molecular weight excluding hydrogens is 463 g/mol. The number of hydrogen-bond donors (Lipinski definition) is 3. The molecule has 0 spiro atoms. The predicted octanol–water partition coefficient (Wildman–Crippen LogP) is 2.29. The summed E-state index contributed by atoms with van der Waals surface area (Å²) in [6.45, 7) is 0. The normalized spacial score (nSPS) is 15.4. The Balaban J connectivity index is 1.53. The van der Waals surface area contributed by atoms with E-state index in [1.165, 1.54) is 19.2 Å². The van der Waals surface area contributed by atoms with Gasteiger partial charge in [0.2, 0.25) is 11.8 Å². The second-order valence-electron chi connectivity index (χ2n) is 7.37. The summed E-state index contributed by atoms with van der Waals surface area (Å²) in [6, 6.07) is 11.7. The molecule has 0 aliphatic carbocycles. The number of urea groups is 1. The zero-order valence-corrected chi connectivity index (χ0v) is 18.9. The van der Waals surface area contributed by atoms with Crippen molar-refractivity contribution in [1.29, 1.82) is 0 Å². The van der Waals surface area contributed by atoms with Gasteiger partial charge in [0, 0.05) is 24.6 Å². The molecule has 3 N–H and O–H groups in total. The highest BCUT2D eigenvalue weighted by molar-refractivity contribution is 7.99. The van der Waals surface area contributed by atoms with E-state index in [4.69, 9.17) is 4.74 Å². The van der Waals surface area contributed by atoms with Gasteiger partial charge in [-0.2, -0.15) is 0 Å². The Morgan fingerprint density at radius 3 is 2.71 bits per heavy atom. The summed E-state index contributed by atoms with van der Waals surface area (Å²) in [7, 11) is 1.52. The van der Waals surface area contributed by atoms with E-state index in [9.17, 15) is 18.8 Å². The second-order valence-corrected chi connectivity index (χ2v) is 8.32. The Morgan fingerprint density at radius 1 is 1.21 bits per heavy atom. The Labute approximate surface area is 198 Å². The number of anilines is 1. The van der Waals surface area contributed by atoms with Gasteiger partial charge in [-0.1, -0.05) is 23.9 Å². The zero-order chi connectivity index (χ0) is 24.1. The molecule has 3 aromatic rings. The molecule has 1 saturated heterocycles. The van der Waals surface area contributed by atoms with Crippen molar-refractivity contribution in [3.63, 3.8) is 0 Å². The van der Waals surface area contributed by atoms with Gasteiger partial charge in [-0.15, -0.1) is 10.2 Å². The third kappa shape index (κ3) is 5.52. The number of thioether (sulfide) groups is 1. The van der Waals surface area contributed by atoms with Crippen LogP contribution in [-0.4, -0.2) is 51.5 Å². The predicted molar refractivity (Wildman–Crippen MR) is 122 cm³/mol. The van der Waals surface area contributed by atoms with Crippen molar-refractivity contribution >= 4 is 35.3 Å². The molecule has 1 aliphatic heterocycles. The van der Waals surface area contributed by atoms with Crippen molar-refractivity contribution in [2.75, 3.05) is 18.2 Å². The molecule has 1 unspecified atom stereocenters. The van der Waals surface area contributed by atoms with Crippen molar-refractivity contribution in [1.82, 2.24) is 25.4 Å². The van der Waals surface area contributed by atoms with E-state index in [0.717, 1.165) is 11.8 Å². The van der Waals surface area contributed by atoms with Crippen LogP contribution < -0.4 is 20.7 Å².